The molecule has 0 radical (unpaired) electrons. The van der Waals surface area contributed by atoms with Gasteiger partial charge in [-0.3, -0.25) is 9.59 Å². The molecule has 1 aromatic heterocycles. The molecule has 4 rings (SSSR count). The highest BCUT2D eigenvalue weighted by Gasteiger charge is 2.30. The molecule has 2 N–H and O–H groups in total. The summed E-state index contributed by atoms with van der Waals surface area (Å²) >= 11 is 0. The predicted octanol–water partition coefficient (Wildman–Crippen LogP) is 4.58. The summed E-state index contributed by atoms with van der Waals surface area (Å²) in [5, 5.41) is 7.84. The molecule has 2 amide bonds. The van der Waals surface area contributed by atoms with Crippen molar-refractivity contribution < 1.29 is 14.0 Å². The van der Waals surface area contributed by atoms with Crippen LogP contribution in [0, 0.1) is 12.8 Å². The Morgan fingerprint density at radius 1 is 1.07 bits per heavy atom. The predicted molar refractivity (Wildman–Crippen MR) is 105 cm³/mol. The summed E-state index contributed by atoms with van der Waals surface area (Å²) in [6.45, 7) is 3.74. The fourth-order valence-electron chi connectivity index (χ4n) is 3.14. The first-order valence-corrected chi connectivity index (χ1v) is 9.22. The quantitative estimate of drug-likeness (QED) is 0.698. The van der Waals surface area contributed by atoms with Crippen molar-refractivity contribution in [2.75, 3.05) is 5.32 Å². The highest BCUT2D eigenvalue weighted by Crippen LogP contribution is 2.32. The molecule has 1 unspecified atom stereocenters. The average molecular weight is 362 g/mol. The second-order valence-corrected chi connectivity index (χ2v) is 7.15. The van der Waals surface area contributed by atoms with Crippen LogP contribution in [0.25, 0.3) is 10.8 Å². The van der Waals surface area contributed by atoms with E-state index in [-0.39, 0.29) is 23.8 Å². The van der Waals surface area contributed by atoms with Gasteiger partial charge < -0.3 is 15.1 Å². The van der Waals surface area contributed by atoms with Crippen LogP contribution in [-0.4, -0.2) is 11.8 Å². The molecule has 1 fully saturated rings. The van der Waals surface area contributed by atoms with Crippen LogP contribution in [-0.2, 0) is 4.79 Å². The normalized spacial score (nSPS) is 14.7. The number of rotatable bonds is 5. The average Bonchev–Trinajstić information content (AvgIpc) is 3.42. The Morgan fingerprint density at radius 3 is 2.41 bits per heavy atom. The zero-order chi connectivity index (χ0) is 19.0. The van der Waals surface area contributed by atoms with Crippen molar-refractivity contribution in [3.05, 3.63) is 65.6 Å². The first-order chi connectivity index (χ1) is 13.0. The first-order valence-electron chi connectivity index (χ1n) is 9.22. The fourth-order valence-corrected chi connectivity index (χ4v) is 3.14. The van der Waals surface area contributed by atoms with Crippen LogP contribution >= 0.6 is 0 Å². The van der Waals surface area contributed by atoms with Crippen LogP contribution in [0.3, 0.4) is 0 Å². The van der Waals surface area contributed by atoms with Gasteiger partial charge in [-0.15, -0.1) is 0 Å². The number of fused-ring (bicyclic) bond motifs is 1. The summed E-state index contributed by atoms with van der Waals surface area (Å²) in [7, 11) is 0. The third-order valence-electron chi connectivity index (χ3n) is 4.87. The van der Waals surface area contributed by atoms with E-state index >= 15 is 0 Å². The molecule has 2 aromatic carbocycles. The maximum absolute atomic E-state index is 13.0. The number of aryl methyl sites for hydroxylation is 1. The van der Waals surface area contributed by atoms with E-state index in [2.05, 4.69) is 10.6 Å². The van der Waals surface area contributed by atoms with Gasteiger partial charge in [-0.1, -0.05) is 24.3 Å². The van der Waals surface area contributed by atoms with Gasteiger partial charge in [0.2, 0.25) is 5.91 Å². The van der Waals surface area contributed by atoms with Crippen LogP contribution in [0.1, 0.15) is 47.7 Å². The lowest BCUT2D eigenvalue weighted by atomic mass is 10.0. The molecule has 1 saturated carbocycles. The Morgan fingerprint density at radius 2 is 1.78 bits per heavy atom. The van der Waals surface area contributed by atoms with Gasteiger partial charge in [0.05, 0.1) is 17.3 Å². The number of carbonyl (C=O) groups is 2. The van der Waals surface area contributed by atoms with E-state index in [0.29, 0.717) is 17.0 Å². The first kappa shape index (κ1) is 17.3. The number of nitrogens with one attached hydrogen (secondary N) is 2. The zero-order valence-electron chi connectivity index (χ0n) is 15.4. The molecule has 0 spiro atoms. The van der Waals surface area contributed by atoms with Gasteiger partial charge in [0.1, 0.15) is 11.5 Å². The molecule has 138 valence electrons. The number of benzene rings is 2. The molecule has 3 aromatic rings. The number of carbonyl (C=O) groups excluding carboxylic acids is 2. The highest BCUT2D eigenvalue weighted by atomic mass is 16.3. The van der Waals surface area contributed by atoms with Crippen LogP contribution in [0.4, 0.5) is 5.69 Å². The number of amides is 2. The fraction of sp³-hybridized carbons (Fsp3) is 0.273. The topological polar surface area (TPSA) is 71.3 Å². The van der Waals surface area contributed by atoms with Gasteiger partial charge in [0.25, 0.3) is 5.91 Å². The lowest BCUT2D eigenvalue weighted by Crippen LogP contribution is -2.28. The number of anilines is 1. The highest BCUT2D eigenvalue weighted by molar-refractivity contribution is 6.08. The molecule has 1 aliphatic carbocycles. The van der Waals surface area contributed by atoms with Crippen molar-refractivity contribution in [3.63, 3.8) is 0 Å². The van der Waals surface area contributed by atoms with E-state index in [1.165, 1.54) is 0 Å². The second kappa shape index (κ2) is 6.91. The van der Waals surface area contributed by atoms with E-state index in [4.69, 9.17) is 4.42 Å². The van der Waals surface area contributed by atoms with Gasteiger partial charge in [-0.05, 0) is 61.7 Å². The van der Waals surface area contributed by atoms with Gasteiger partial charge in [0.15, 0.2) is 0 Å². The van der Waals surface area contributed by atoms with Crippen molar-refractivity contribution in [2.45, 2.75) is 32.7 Å². The van der Waals surface area contributed by atoms with Crippen LogP contribution in [0.2, 0.25) is 0 Å². The van der Waals surface area contributed by atoms with E-state index in [1.54, 1.807) is 0 Å². The van der Waals surface area contributed by atoms with E-state index in [9.17, 15) is 9.59 Å². The molecule has 0 aliphatic heterocycles. The van der Waals surface area contributed by atoms with Gasteiger partial charge in [-0.25, -0.2) is 0 Å². The minimum absolute atomic E-state index is 0.0194. The monoisotopic (exact) mass is 362 g/mol. The van der Waals surface area contributed by atoms with Gasteiger partial charge in [-0.2, -0.15) is 0 Å². The summed E-state index contributed by atoms with van der Waals surface area (Å²) in [5.41, 5.74) is 1.00. The molecule has 1 atom stereocenters. The smallest absolute Gasteiger partial charge is 0.253 e. The van der Waals surface area contributed by atoms with E-state index in [0.717, 1.165) is 29.4 Å². The number of hydrogen-bond donors (Lipinski definition) is 2. The largest absolute Gasteiger partial charge is 0.464 e. The third kappa shape index (κ3) is 3.72. The summed E-state index contributed by atoms with van der Waals surface area (Å²) < 4.78 is 5.60. The third-order valence-corrected chi connectivity index (χ3v) is 4.87. The van der Waals surface area contributed by atoms with E-state index < -0.39 is 0 Å². The van der Waals surface area contributed by atoms with Crippen molar-refractivity contribution in [3.8, 4) is 0 Å². The Hall–Kier alpha value is -3.08. The molecule has 5 heteroatoms. The summed E-state index contributed by atoms with van der Waals surface area (Å²) in [6.07, 6.45) is 1.83. The zero-order valence-corrected chi connectivity index (χ0v) is 15.4. The Balaban J connectivity index is 1.65. The Labute approximate surface area is 157 Å². The molecule has 1 aliphatic rings. The number of hydrogen-bond acceptors (Lipinski definition) is 3. The number of furan rings is 1. The van der Waals surface area contributed by atoms with Crippen molar-refractivity contribution in [1.29, 1.82) is 0 Å². The van der Waals surface area contributed by atoms with E-state index in [1.807, 2.05) is 62.4 Å². The molecule has 0 bridgehead atoms. The van der Waals surface area contributed by atoms with Crippen LogP contribution < -0.4 is 10.6 Å². The molecule has 1 heterocycles. The van der Waals surface area contributed by atoms with Crippen molar-refractivity contribution in [2.24, 2.45) is 5.92 Å². The molecule has 0 saturated heterocycles. The van der Waals surface area contributed by atoms with Gasteiger partial charge in [0, 0.05) is 5.92 Å². The van der Waals surface area contributed by atoms with Crippen molar-refractivity contribution >= 4 is 28.3 Å². The standard InChI is InChI=1S/C22H22N2O3/c1-13-7-10-20(27-13)14(2)23-22(26)18-11-16-5-3-4-6-17(16)12-19(18)24-21(25)15-8-9-15/h3-7,10-12,14-15H,8-9H2,1-2H3,(H,23,26)(H,24,25). The summed E-state index contributed by atoms with van der Waals surface area (Å²) in [4.78, 5) is 25.2. The van der Waals surface area contributed by atoms with Crippen molar-refractivity contribution in [1.82, 2.24) is 5.32 Å². The van der Waals surface area contributed by atoms with Crippen LogP contribution in [0.5, 0.6) is 0 Å². The SMILES string of the molecule is Cc1ccc(C(C)NC(=O)c2cc3ccccc3cc2NC(=O)C2CC2)o1. The maximum atomic E-state index is 13.0. The summed E-state index contributed by atoms with van der Waals surface area (Å²) in [5.74, 6) is 1.30. The Bertz CT molecular complexity index is 1020. The minimum atomic E-state index is -0.273. The lowest BCUT2D eigenvalue weighted by Gasteiger charge is -2.16. The van der Waals surface area contributed by atoms with Gasteiger partial charge >= 0.3 is 0 Å². The minimum Gasteiger partial charge on any atom is -0.464 e. The molecule has 5 nitrogen and oxygen atoms in total. The molecular weight excluding hydrogens is 340 g/mol. The molecule has 27 heavy (non-hydrogen) atoms. The lowest BCUT2D eigenvalue weighted by molar-refractivity contribution is -0.117. The second-order valence-electron chi connectivity index (χ2n) is 7.15. The van der Waals surface area contributed by atoms with Crippen LogP contribution in [0.15, 0.2) is 52.9 Å². The molecular formula is C22H22N2O3. The summed E-state index contributed by atoms with van der Waals surface area (Å²) in [6, 6.07) is 14.9. The Kier molecular flexibility index (Phi) is 4.44. The maximum Gasteiger partial charge on any atom is 0.253 e.